The summed E-state index contributed by atoms with van der Waals surface area (Å²) in [5.74, 6) is -5.25. The van der Waals surface area contributed by atoms with Crippen LogP contribution in [0.4, 0.5) is 49.7 Å². The number of aromatic nitrogens is 5. The van der Waals surface area contributed by atoms with Crippen LogP contribution in [-0.4, -0.2) is 70.7 Å². The predicted octanol–water partition coefficient (Wildman–Crippen LogP) is 8.82. The molecule has 2 N–H and O–H groups in total. The Bertz CT molecular complexity index is 3380. The highest BCUT2D eigenvalue weighted by Gasteiger charge is 2.68. The summed E-state index contributed by atoms with van der Waals surface area (Å²) in [4.78, 5) is 19.0. The number of pyridine rings is 1. The van der Waals surface area contributed by atoms with Crippen LogP contribution >= 0.6 is 11.6 Å². The fourth-order valence-corrected chi connectivity index (χ4v) is 9.35. The molecule has 0 radical (unpaired) electrons. The minimum atomic E-state index is -5.20. The highest BCUT2D eigenvalue weighted by molar-refractivity contribution is 7.92. The molecule has 3 heterocycles. The fourth-order valence-electron chi connectivity index (χ4n) is 8.38. The van der Waals surface area contributed by atoms with Crippen LogP contribution < -0.4 is 10.0 Å². The van der Waals surface area contributed by atoms with Crippen LogP contribution in [-0.2, 0) is 56.3 Å². The lowest BCUT2D eigenvalue weighted by Crippen LogP contribution is -2.35. The van der Waals surface area contributed by atoms with Gasteiger partial charge in [0, 0.05) is 40.3 Å². The van der Waals surface area contributed by atoms with Gasteiger partial charge in [-0.3, -0.25) is 18.9 Å². The van der Waals surface area contributed by atoms with Crippen LogP contribution in [0.3, 0.4) is 0 Å². The normalized spacial score (nSPS) is 17.4. The van der Waals surface area contributed by atoms with Crippen LogP contribution in [0.5, 0.6) is 0 Å². The second-order valence-electron chi connectivity index (χ2n) is 17.1. The first-order valence-electron chi connectivity index (χ1n) is 20.0. The van der Waals surface area contributed by atoms with E-state index in [1.807, 2.05) is 0 Å². The third kappa shape index (κ3) is 9.18. The van der Waals surface area contributed by atoms with Crippen LogP contribution in [0.15, 0.2) is 54.6 Å². The Labute approximate surface area is 385 Å². The van der Waals surface area contributed by atoms with Crippen molar-refractivity contribution in [3.05, 3.63) is 105 Å². The molecular formula is C43H34ClF10N7O5S2. The largest absolute Gasteiger partial charge is 0.435 e. The highest BCUT2D eigenvalue weighted by atomic mass is 35.5. The molecule has 3 aromatic heterocycles. The summed E-state index contributed by atoms with van der Waals surface area (Å²) in [6, 6.07) is 8.75. The first kappa shape index (κ1) is 48.5. The highest BCUT2D eigenvalue weighted by Crippen LogP contribution is 2.68. The van der Waals surface area contributed by atoms with Crippen molar-refractivity contribution < 1.29 is 65.5 Å². The van der Waals surface area contributed by atoms with E-state index in [0.717, 1.165) is 18.4 Å². The van der Waals surface area contributed by atoms with E-state index in [0.29, 0.717) is 17.0 Å². The zero-order valence-electron chi connectivity index (χ0n) is 35.5. The Morgan fingerprint density at radius 3 is 2.19 bits per heavy atom. The second kappa shape index (κ2) is 16.4. The Hall–Kier alpha value is -5.93. The minimum absolute atomic E-state index is 0.0724. The number of fused-ring (bicyclic) bond motifs is 5. The van der Waals surface area contributed by atoms with Crippen LogP contribution in [0.25, 0.3) is 32.8 Å². The molecule has 0 saturated heterocycles. The van der Waals surface area contributed by atoms with E-state index >= 15 is 8.78 Å². The summed E-state index contributed by atoms with van der Waals surface area (Å²) in [5.41, 5.74) is -5.13. The van der Waals surface area contributed by atoms with Gasteiger partial charge in [0.2, 0.25) is 15.9 Å². The number of carbonyl (C=O) groups is 1. The molecule has 3 atom stereocenters. The molecule has 1 amide bonds. The standard InChI is InChI=1S/C43H34ClF10N7O5S2/c1-40(2,67(3,63)64)12-11-29-23-7-5-6-8-24(23)32(25-9-10-28(44)34-36(25)61(19-41(47,48)49)58-39(34)59-68(4,65)66)35(56-29)30(15-20-13-21(45)16-22(46)14-20)55-31(62)18-60-38-33(37(57-60)43(52,53)54)26-17-27(26)42(38,50)51/h5-10,13-14,16,26-27,30H,15,17-19H2,1-4H3,(H,55,62)(H,58,59)/t26-,27+,30-/m0/s1. The minimum Gasteiger partial charge on any atom is -0.346 e. The number of amides is 1. The zero-order chi connectivity index (χ0) is 49.8. The lowest BCUT2D eigenvalue weighted by atomic mass is 9.89. The SMILES string of the molecule is CC(C)(C#Cc1nc([C@H](Cc2cc(F)cc(F)c2)NC(=O)Cn2nc(C(F)(F)F)c3c2C(F)(F)[C@@H]2C[C@H]32)c(-c2ccc(Cl)c3c(NS(C)(=O)=O)nn(CC(F)(F)F)c23)c2ccccc12)S(C)(=O)=O. The maximum atomic E-state index is 15.6. The number of anilines is 1. The molecule has 3 aromatic carbocycles. The van der Waals surface area contributed by atoms with Crippen molar-refractivity contribution in [1.29, 1.82) is 0 Å². The lowest BCUT2D eigenvalue weighted by Gasteiger charge is -2.25. The van der Waals surface area contributed by atoms with E-state index < -0.39 is 126 Å². The summed E-state index contributed by atoms with van der Waals surface area (Å²) in [6.07, 6.45) is -9.50. The number of rotatable bonds is 11. The van der Waals surface area contributed by atoms with Crippen molar-refractivity contribution in [3.8, 4) is 23.0 Å². The number of nitrogens with zero attached hydrogens (tertiary/aromatic N) is 5. The molecule has 2 aliphatic carbocycles. The quantitative estimate of drug-likeness (QED) is 0.0964. The fraction of sp³-hybridized carbons (Fsp3) is 0.349. The molecule has 8 rings (SSSR count). The smallest absolute Gasteiger partial charge is 0.346 e. The summed E-state index contributed by atoms with van der Waals surface area (Å²) in [5, 5.41) is 9.38. The molecule has 0 bridgehead atoms. The van der Waals surface area contributed by atoms with E-state index in [9.17, 15) is 56.8 Å². The van der Waals surface area contributed by atoms with E-state index in [1.54, 1.807) is 0 Å². The molecule has 68 heavy (non-hydrogen) atoms. The number of sulfone groups is 1. The number of sulfonamides is 1. The number of nitrogens with one attached hydrogen (secondary N) is 2. The number of alkyl halides is 8. The van der Waals surface area contributed by atoms with Crippen molar-refractivity contribution in [2.24, 2.45) is 5.92 Å². The second-order valence-corrected chi connectivity index (χ2v) is 21.8. The van der Waals surface area contributed by atoms with Gasteiger partial charge >= 0.3 is 12.4 Å². The van der Waals surface area contributed by atoms with E-state index in [-0.39, 0.29) is 60.4 Å². The molecule has 6 aromatic rings. The summed E-state index contributed by atoms with van der Waals surface area (Å²) >= 11 is 6.57. The summed E-state index contributed by atoms with van der Waals surface area (Å²) in [7, 11) is -8.15. The van der Waals surface area contributed by atoms with E-state index in [2.05, 4.69) is 32.1 Å². The van der Waals surface area contributed by atoms with Gasteiger partial charge in [0.15, 0.2) is 21.3 Å². The van der Waals surface area contributed by atoms with Crippen molar-refractivity contribution in [3.63, 3.8) is 0 Å². The van der Waals surface area contributed by atoms with E-state index in [4.69, 9.17) is 16.6 Å². The molecule has 0 aliphatic heterocycles. The third-order valence-corrected chi connectivity index (χ3v) is 14.4. The Morgan fingerprint density at radius 2 is 1.59 bits per heavy atom. The average molecular weight is 1020 g/mol. The Morgan fingerprint density at radius 1 is 0.941 bits per heavy atom. The Kier molecular flexibility index (Phi) is 11.7. The molecule has 0 spiro atoms. The number of carbonyl (C=O) groups excluding carboxylic acids is 1. The maximum Gasteiger partial charge on any atom is 0.435 e. The molecule has 25 heteroatoms. The summed E-state index contributed by atoms with van der Waals surface area (Å²) < 4.78 is 198. The van der Waals surface area contributed by atoms with Crippen LogP contribution in [0.1, 0.15) is 66.1 Å². The first-order chi connectivity index (χ1) is 31.3. The molecule has 1 saturated carbocycles. The van der Waals surface area contributed by atoms with Gasteiger partial charge in [0.25, 0.3) is 5.92 Å². The monoisotopic (exact) mass is 1020 g/mol. The van der Waals surface area contributed by atoms with Gasteiger partial charge in [-0.15, -0.1) is 0 Å². The average Bonchev–Trinajstić information content (AvgIpc) is 3.72. The molecule has 12 nitrogen and oxygen atoms in total. The van der Waals surface area contributed by atoms with Crippen LogP contribution in [0, 0.1) is 29.4 Å². The van der Waals surface area contributed by atoms with Crippen molar-refractivity contribution >= 4 is 64.9 Å². The van der Waals surface area contributed by atoms with Crippen molar-refractivity contribution in [1.82, 2.24) is 29.9 Å². The molecular weight excluding hydrogens is 984 g/mol. The van der Waals surface area contributed by atoms with Crippen molar-refractivity contribution in [2.75, 3.05) is 17.2 Å². The molecule has 0 unspecified atom stereocenters. The van der Waals surface area contributed by atoms with Gasteiger partial charge in [-0.2, -0.15) is 45.3 Å². The van der Waals surface area contributed by atoms with Crippen molar-refractivity contribution in [2.45, 2.75) is 74.8 Å². The number of halogens is 11. The van der Waals surface area contributed by atoms with Gasteiger partial charge in [-0.1, -0.05) is 47.9 Å². The molecule has 2 aliphatic rings. The van der Waals surface area contributed by atoms with Gasteiger partial charge < -0.3 is 5.32 Å². The first-order valence-corrected chi connectivity index (χ1v) is 24.2. The number of hydrogen-bond acceptors (Lipinski definition) is 8. The lowest BCUT2D eigenvalue weighted by molar-refractivity contribution is -0.142. The zero-order valence-corrected chi connectivity index (χ0v) is 37.9. The topological polar surface area (TPSA) is 158 Å². The van der Waals surface area contributed by atoms with Gasteiger partial charge in [0.05, 0.1) is 33.9 Å². The Balaban J connectivity index is 1.42. The van der Waals surface area contributed by atoms with Gasteiger partial charge in [-0.25, -0.2) is 30.6 Å². The van der Waals surface area contributed by atoms with Gasteiger partial charge in [-0.05, 0) is 67.7 Å². The molecule has 360 valence electrons. The maximum absolute atomic E-state index is 15.6. The molecule has 1 fully saturated rings. The number of benzene rings is 3. The predicted molar refractivity (Wildman–Crippen MR) is 229 cm³/mol. The summed E-state index contributed by atoms with van der Waals surface area (Å²) in [6.45, 7) is -0.544. The number of hydrogen-bond donors (Lipinski definition) is 2. The van der Waals surface area contributed by atoms with E-state index in [1.165, 1.54) is 50.2 Å². The van der Waals surface area contributed by atoms with Crippen LogP contribution in [0.2, 0.25) is 5.02 Å². The third-order valence-electron chi connectivity index (χ3n) is 11.6. The van der Waals surface area contributed by atoms with Gasteiger partial charge in [0.1, 0.15) is 40.9 Å².